The third-order valence-electron chi connectivity index (χ3n) is 4.78. The van der Waals surface area contributed by atoms with E-state index in [0.717, 1.165) is 11.6 Å². The van der Waals surface area contributed by atoms with Crippen LogP contribution in [0, 0.1) is 0 Å². The Morgan fingerprint density at radius 2 is 1.89 bits per heavy atom. The number of rotatable bonds is 4. The summed E-state index contributed by atoms with van der Waals surface area (Å²) in [5, 5.41) is 3.00. The van der Waals surface area contributed by atoms with Crippen molar-refractivity contribution in [2.24, 2.45) is 0 Å². The molecule has 0 spiro atoms. The predicted octanol–water partition coefficient (Wildman–Crippen LogP) is 5.76. The first-order valence-electron chi connectivity index (χ1n) is 8.93. The van der Waals surface area contributed by atoms with Crippen molar-refractivity contribution >= 4 is 12.4 Å². The molecule has 0 amide bonds. The van der Waals surface area contributed by atoms with Crippen LogP contribution in [-0.4, -0.2) is 18.9 Å². The van der Waals surface area contributed by atoms with E-state index in [4.69, 9.17) is 9.47 Å². The van der Waals surface area contributed by atoms with Crippen molar-refractivity contribution in [1.82, 2.24) is 5.32 Å². The summed E-state index contributed by atoms with van der Waals surface area (Å²) in [4.78, 5) is 0. The average Bonchev–Trinajstić information content (AvgIpc) is 2.59. The van der Waals surface area contributed by atoms with Crippen LogP contribution in [0.4, 0.5) is 13.2 Å². The Balaban J connectivity index is 0.00000280. The molecule has 154 valence electrons. The van der Waals surface area contributed by atoms with Gasteiger partial charge in [0.25, 0.3) is 0 Å². The van der Waals surface area contributed by atoms with Gasteiger partial charge in [-0.25, -0.2) is 0 Å². The summed E-state index contributed by atoms with van der Waals surface area (Å²) in [5.74, 6) is 1.12. The second-order valence-electron chi connectivity index (χ2n) is 7.49. The molecule has 0 saturated heterocycles. The lowest BCUT2D eigenvalue weighted by atomic mass is 9.79. The normalized spacial score (nSPS) is 19.0. The summed E-state index contributed by atoms with van der Waals surface area (Å²) in [6.07, 6.45) is -3.94. The van der Waals surface area contributed by atoms with E-state index in [0.29, 0.717) is 23.5 Å². The number of fused-ring (bicyclic) bond motifs is 1. The van der Waals surface area contributed by atoms with Crippen LogP contribution < -0.4 is 14.8 Å². The molecule has 0 radical (unpaired) electrons. The molecule has 0 aliphatic carbocycles. The molecule has 0 fully saturated rings. The van der Waals surface area contributed by atoms with Gasteiger partial charge in [-0.1, -0.05) is 24.3 Å². The van der Waals surface area contributed by atoms with Crippen molar-refractivity contribution in [3.05, 3.63) is 59.2 Å². The van der Waals surface area contributed by atoms with E-state index < -0.39 is 17.3 Å². The summed E-state index contributed by atoms with van der Waals surface area (Å²) >= 11 is 0. The summed E-state index contributed by atoms with van der Waals surface area (Å²) in [6, 6.07) is 11.1. The number of benzene rings is 2. The third-order valence-corrected chi connectivity index (χ3v) is 4.78. The molecule has 28 heavy (non-hydrogen) atoms. The van der Waals surface area contributed by atoms with Crippen LogP contribution in [0.5, 0.6) is 11.5 Å². The predicted molar refractivity (Wildman–Crippen MR) is 105 cm³/mol. The third kappa shape index (κ3) is 4.92. The first-order chi connectivity index (χ1) is 12.6. The van der Waals surface area contributed by atoms with Crippen LogP contribution in [0.3, 0.4) is 0 Å². The van der Waals surface area contributed by atoms with Crippen LogP contribution in [0.25, 0.3) is 0 Å². The molecule has 0 bridgehead atoms. The van der Waals surface area contributed by atoms with Gasteiger partial charge >= 0.3 is 6.18 Å². The molecule has 1 aliphatic heterocycles. The zero-order chi connectivity index (χ0) is 19.8. The fourth-order valence-corrected chi connectivity index (χ4v) is 3.40. The van der Waals surface area contributed by atoms with Gasteiger partial charge in [-0.05, 0) is 51.9 Å². The van der Waals surface area contributed by atoms with Gasteiger partial charge < -0.3 is 9.47 Å². The van der Waals surface area contributed by atoms with Gasteiger partial charge in [0, 0.05) is 17.5 Å². The molecule has 1 N–H and O–H groups in total. The minimum atomic E-state index is -4.36. The summed E-state index contributed by atoms with van der Waals surface area (Å²) in [7, 11) is 1.80. The van der Waals surface area contributed by atoms with Gasteiger partial charge in [0.2, 0.25) is 0 Å². The molecule has 2 unspecified atom stereocenters. The monoisotopic (exact) mass is 415 g/mol. The van der Waals surface area contributed by atoms with Gasteiger partial charge in [0.15, 0.2) is 0 Å². The van der Waals surface area contributed by atoms with Crippen molar-refractivity contribution in [1.29, 1.82) is 0 Å². The Bertz CT molecular complexity index is 824. The van der Waals surface area contributed by atoms with E-state index in [-0.39, 0.29) is 24.6 Å². The molecule has 0 saturated carbocycles. The molecule has 0 aromatic heterocycles. The van der Waals surface area contributed by atoms with Crippen molar-refractivity contribution in [2.75, 3.05) is 7.05 Å². The smallest absolute Gasteiger partial charge is 0.416 e. The molecule has 3 nitrogen and oxygen atoms in total. The maximum absolute atomic E-state index is 13.1. The van der Waals surface area contributed by atoms with Crippen LogP contribution in [0.2, 0.25) is 0 Å². The zero-order valence-corrected chi connectivity index (χ0v) is 17.1. The lowest BCUT2D eigenvalue weighted by Gasteiger charge is -2.38. The zero-order valence-electron chi connectivity index (χ0n) is 16.3. The van der Waals surface area contributed by atoms with Crippen molar-refractivity contribution in [3.63, 3.8) is 0 Å². The molecule has 2 aromatic rings. The molecular weight excluding hydrogens is 391 g/mol. The fourth-order valence-electron chi connectivity index (χ4n) is 3.40. The molecular formula is C21H25ClF3NO2. The van der Waals surface area contributed by atoms with Crippen LogP contribution in [-0.2, 0) is 6.18 Å². The maximum Gasteiger partial charge on any atom is 0.416 e. The molecule has 1 heterocycles. The molecule has 7 heteroatoms. The lowest BCUT2D eigenvalue weighted by Crippen LogP contribution is -2.35. The number of ether oxygens (including phenoxy) is 2. The van der Waals surface area contributed by atoms with Gasteiger partial charge in [-0.15, -0.1) is 12.4 Å². The van der Waals surface area contributed by atoms with E-state index in [9.17, 15) is 13.2 Å². The van der Waals surface area contributed by atoms with Gasteiger partial charge in [-0.2, -0.15) is 13.2 Å². The lowest BCUT2D eigenvalue weighted by molar-refractivity contribution is -0.137. The summed E-state index contributed by atoms with van der Waals surface area (Å²) in [6.45, 7) is 5.77. The quantitative estimate of drug-likeness (QED) is 0.643. The van der Waals surface area contributed by atoms with Crippen LogP contribution in [0.15, 0.2) is 42.5 Å². The number of alkyl halides is 3. The number of hydrogen-bond donors (Lipinski definition) is 1. The van der Waals surface area contributed by atoms with E-state index in [1.54, 1.807) is 13.1 Å². The second-order valence-corrected chi connectivity index (χ2v) is 7.49. The van der Waals surface area contributed by atoms with Crippen molar-refractivity contribution in [3.8, 4) is 11.5 Å². The Kier molecular flexibility index (Phi) is 6.56. The first kappa shape index (κ1) is 22.4. The van der Waals surface area contributed by atoms with E-state index in [1.165, 1.54) is 12.1 Å². The minimum Gasteiger partial charge on any atom is -0.487 e. The highest BCUT2D eigenvalue weighted by molar-refractivity contribution is 5.85. The Hall–Kier alpha value is -1.92. The van der Waals surface area contributed by atoms with Crippen LogP contribution in [0.1, 0.15) is 49.8 Å². The highest BCUT2D eigenvalue weighted by Crippen LogP contribution is 2.46. The second kappa shape index (κ2) is 8.21. The summed E-state index contributed by atoms with van der Waals surface area (Å²) in [5.41, 5.74) is 0.380. The number of halogens is 4. The number of nitrogens with one attached hydrogen (secondary N) is 1. The topological polar surface area (TPSA) is 30.5 Å². The average molecular weight is 416 g/mol. The van der Waals surface area contributed by atoms with Crippen LogP contribution >= 0.6 is 12.4 Å². The SMILES string of the molecule is CNC(C)Oc1ccc2c(c1)OC(C)(C)CC2c1cccc(C(F)(F)F)c1.Cl. The largest absolute Gasteiger partial charge is 0.487 e. The minimum absolute atomic E-state index is 0. The fraction of sp³-hybridized carbons (Fsp3) is 0.429. The van der Waals surface area contributed by atoms with Gasteiger partial charge in [0.1, 0.15) is 23.3 Å². The summed E-state index contributed by atoms with van der Waals surface area (Å²) < 4.78 is 51.3. The first-order valence-corrected chi connectivity index (χ1v) is 8.93. The van der Waals surface area contributed by atoms with Gasteiger partial charge in [0.05, 0.1) is 5.56 Å². The highest BCUT2D eigenvalue weighted by Gasteiger charge is 2.36. The maximum atomic E-state index is 13.1. The highest BCUT2D eigenvalue weighted by atomic mass is 35.5. The molecule has 2 atom stereocenters. The molecule has 1 aliphatic rings. The Morgan fingerprint density at radius 3 is 2.54 bits per heavy atom. The van der Waals surface area contributed by atoms with Crippen molar-refractivity contribution in [2.45, 2.75) is 51.1 Å². The Labute approximate surface area is 169 Å². The van der Waals surface area contributed by atoms with Gasteiger partial charge in [-0.3, -0.25) is 5.32 Å². The van der Waals surface area contributed by atoms with Crippen molar-refractivity contribution < 1.29 is 22.6 Å². The molecule has 3 rings (SSSR count). The standard InChI is InChI=1S/C21H24F3NO2.ClH/c1-13(25-4)26-16-8-9-17-18(12-20(2,3)27-19(17)11-16)14-6-5-7-15(10-14)21(22,23)24;/h5-11,13,18,25H,12H2,1-4H3;1H. The van der Waals surface area contributed by atoms with E-state index in [1.807, 2.05) is 39.0 Å². The van der Waals surface area contributed by atoms with E-state index in [2.05, 4.69) is 5.32 Å². The number of hydrogen-bond acceptors (Lipinski definition) is 3. The van der Waals surface area contributed by atoms with E-state index >= 15 is 0 Å². The molecule has 2 aromatic carbocycles. The Morgan fingerprint density at radius 1 is 1.18 bits per heavy atom.